The van der Waals surface area contributed by atoms with Gasteiger partial charge in [0.1, 0.15) is 5.82 Å². The number of likely N-dealkylation sites (tertiary alicyclic amines) is 1. The third-order valence-electron chi connectivity index (χ3n) is 4.47. The summed E-state index contributed by atoms with van der Waals surface area (Å²) in [6.45, 7) is 9.34. The fraction of sp³-hybridized carbons (Fsp3) is 0.611. The molecule has 1 unspecified atom stereocenters. The van der Waals surface area contributed by atoms with Gasteiger partial charge in [-0.15, -0.1) is 0 Å². The minimum Gasteiger partial charge on any atom is -0.367 e. The Bertz CT molecular complexity index is 604. The molecule has 2 heterocycles. The van der Waals surface area contributed by atoms with Gasteiger partial charge < -0.3 is 21.4 Å². The maximum absolute atomic E-state index is 12.0. The van der Waals surface area contributed by atoms with Crippen molar-refractivity contribution in [1.29, 1.82) is 5.41 Å². The van der Waals surface area contributed by atoms with Crippen molar-refractivity contribution >= 4 is 17.9 Å². The van der Waals surface area contributed by atoms with Gasteiger partial charge in [-0.25, -0.2) is 4.98 Å². The van der Waals surface area contributed by atoms with Crippen LogP contribution in [-0.4, -0.2) is 47.2 Å². The van der Waals surface area contributed by atoms with Crippen LogP contribution < -0.4 is 11.1 Å². The molecule has 1 atom stereocenters. The number of rotatable bonds is 5. The van der Waals surface area contributed by atoms with Gasteiger partial charge in [0, 0.05) is 42.5 Å². The van der Waals surface area contributed by atoms with E-state index in [0.717, 1.165) is 48.6 Å². The van der Waals surface area contributed by atoms with E-state index in [1.165, 1.54) is 6.21 Å². The van der Waals surface area contributed by atoms with Crippen LogP contribution in [0.2, 0.25) is 0 Å². The summed E-state index contributed by atoms with van der Waals surface area (Å²) in [5.41, 5.74) is 8.65. The summed E-state index contributed by atoms with van der Waals surface area (Å²) in [6.07, 6.45) is 3.16. The molecular weight excluding hydrogens is 302 g/mol. The topological polar surface area (TPSA) is 95.1 Å². The summed E-state index contributed by atoms with van der Waals surface area (Å²) in [5.74, 6) is 1.15. The van der Waals surface area contributed by atoms with Crippen molar-refractivity contribution < 1.29 is 4.79 Å². The predicted octanol–water partition coefficient (Wildman–Crippen LogP) is 2.26. The Balaban J connectivity index is 2.17. The van der Waals surface area contributed by atoms with Crippen LogP contribution in [0.15, 0.2) is 6.07 Å². The lowest BCUT2D eigenvalue weighted by molar-refractivity contribution is -0.133. The monoisotopic (exact) mass is 331 g/mol. The number of anilines is 1. The average Bonchev–Trinajstić information content (AvgIpc) is 2.53. The molecule has 0 spiro atoms. The normalized spacial score (nSPS) is 17.0. The summed E-state index contributed by atoms with van der Waals surface area (Å²) < 4.78 is 0. The molecule has 1 aromatic rings. The zero-order valence-electron chi connectivity index (χ0n) is 15.1. The molecule has 6 nitrogen and oxygen atoms in total. The van der Waals surface area contributed by atoms with Gasteiger partial charge in [0.15, 0.2) is 0 Å². The molecule has 1 aliphatic heterocycles. The van der Waals surface area contributed by atoms with Crippen molar-refractivity contribution in [2.24, 2.45) is 5.73 Å². The highest BCUT2D eigenvalue weighted by Gasteiger charge is 2.26. The second-order valence-corrected chi connectivity index (χ2v) is 6.96. The van der Waals surface area contributed by atoms with Crippen molar-refractivity contribution in [3.8, 4) is 0 Å². The molecule has 0 radical (unpaired) electrons. The molecular formula is C18H29N5O. The van der Waals surface area contributed by atoms with Gasteiger partial charge in [-0.1, -0.05) is 0 Å². The van der Waals surface area contributed by atoms with Crippen molar-refractivity contribution in [2.75, 3.05) is 18.4 Å². The first-order chi connectivity index (χ1) is 11.3. The summed E-state index contributed by atoms with van der Waals surface area (Å²) >= 11 is 0. The van der Waals surface area contributed by atoms with Crippen LogP contribution >= 0.6 is 0 Å². The van der Waals surface area contributed by atoms with E-state index >= 15 is 0 Å². The van der Waals surface area contributed by atoms with Crippen molar-refractivity contribution in [1.82, 2.24) is 9.88 Å². The molecule has 2 rings (SSSR count). The molecule has 0 aliphatic carbocycles. The number of aromatic nitrogens is 1. The fourth-order valence-corrected chi connectivity index (χ4v) is 3.17. The minimum absolute atomic E-state index is 0.0268. The van der Waals surface area contributed by atoms with Crippen molar-refractivity contribution in [2.45, 2.75) is 58.5 Å². The molecule has 0 saturated carbocycles. The van der Waals surface area contributed by atoms with Gasteiger partial charge in [0.25, 0.3) is 0 Å². The van der Waals surface area contributed by atoms with Crippen LogP contribution in [0, 0.1) is 12.3 Å². The fourth-order valence-electron chi connectivity index (χ4n) is 3.17. The molecule has 132 valence electrons. The molecule has 4 N–H and O–H groups in total. The molecule has 1 aromatic heterocycles. The highest BCUT2D eigenvalue weighted by molar-refractivity contribution is 5.86. The number of carbonyl (C=O) groups excluding carboxylic acids is 1. The number of nitrogens with zero attached hydrogens (tertiary/aromatic N) is 2. The van der Waals surface area contributed by atoms with E-state index < -0.39 is 6.04 Å². The molecule has 6 heteroatoms. The largest absolute Gasteiger partial charge is 0.367 e. The van der Waals surface area contributed by atoms with E-state index in [1.807, 2.05) is 11.8 Å². The van der Waals surface area contributed by atoms with Gasteiger partial charge in [0.05, 0.1) is 6.04 Å². The maximum atomic E-state index is 12.0. The number of hydrogen-bond acceptors (Lipinski definition) is 5. The highest BCUT2D eigenvalue weighted by atomic mass is 16.2. The van der Waals surface area contributed by atoms with Crippen LogP contribution in [0.1, 0.15) is 56.4 Å². The van der Waals surface area contributed by atoms with Crippen LogP contribution in [0.5, 0.6) is 0 Å². The first-order valence-corrected chi connectivity index (χ1v) is 8.66. The first kappa shape index (κ1) is 18.4. The molecule has 1 saturated heterocycles. The van der Waals surface area contributed by atoms with E-state index in [2.05, 4.69) is 25.2 Å². The van der Waals surface area contributed by atoms with Crippen LogP contribution in [0.25, 0.3) is 0 Å². The maximum Gasteiger partial charge on any atom is 0.239 e. The second-order valence-electron chi connectivity index (χ2n) is 6.96. The number of aryl methyl sites for hydroxylation is 1. The number of nitrogens with one attached hydrogen (secondary N) is 2. The van der Waals surface area contributed by atoms with Gasteiger partial charge in [-0.2, -0.15) is 0 Å². The number of piperidine rings is 1. The molecule has 1 fully saturated rings. The van der Waals surface area contributed by atoms with E-state index in [-0.39, 0.29) is 11.9 Å². The molecule has 24 heavy (non-hydrogen) atoms. The number of pyridine rings is 1. The van der Waals surface area contributed by atoms with Crippen molar-refractivity contribution in [3.05, 3.63) is 22.9 Å². The number of carbonyl (C=O) groups is 1. The van der Waals surface area contributed by atoms with E-state index in [4.69, 9.17) is 16.1 Å². The molecule has 1 aliphatic rings. The third kappa shape index (κ3) is 4.12. The average molecular weight is 331 g/mol. The zero-order valence-corrected chi connectivity index (χ0v) is 15.1. The Kier molecular flexibility index (Phi) is 5.94. The summed E-state index contributed by atoms with van der Waals surface area (Å²) in [7, 11) is 0. The van der Waals surface area contributed by atoms with Crippen LogP contribution in [0.3, 0.4) is 0 Å². The predicted molar refractivity (Wildman–Crippen MR) is 97.8 cm³/mol. The Morgan fingerprint density at radius 2 is 2.04 bits per heavy atom. The van der Waals surface area contributed by atoms with E-state index in [1.54, 1.807) is 6.92 Å². The van der Waals surface area contributed by atoms with E-state index in [0.29, 0.717) is 5.92 Å². The number of hydrogen-bond donors (Lipinski definition) is 3. The minimum atomic E-state index is -0.435. The number of amides is 1. The summed E-state index contributed by atoms with van der Waals surface area (Å²) in [4.78, 5) is 18.6. The van der Waals surface area contributed by atoms with Gasteiger partial charge >= 0.3 is 0 Å². The van der Waals surface area contributed by atoms with Crippen LogP contribution in [-0.2, 0) is 4.79 Å². The standard InChI is InChI=1S/C18H29N5O/c1-11(2)21-17-15(10-19)12(3)9-16(22-17)14-5-7-23(8-6-14)18(24)13(4)20/h9-11,13-14,19H,5-8,20H2,1-4H3,(H,21,22). The van der Waals surface area contributed by atoms with Crippen LogP contribution in [0.4, 0.5) is 5.82 Å². The Morgan fingerprint density at radius 3 is 2.54 bits per heavy atom. The lowest BCUT2D eigenvalue weighted by Gasteiger charge is -2.33. The Labute approximate surface area is 144 Å². The Morgan fingerprint density at radius 1 is 1.42 bits per heavy atom. The lowest BCUT2D eigenvalue weighted by atomic mass is 9.91. The third-order valence-corrected chi connectivity index (χ3v) is 4.47. The van der Waals surface area contributed by atoms with Gasteiger partial charge in [-0.3, -0.25) is 4.79 Å². The van der Waals surface area contributed by atoms with Gasteiger partial charge in [-0.05, 0) is 52.2 Å². The molecule has 0 aromatic carbocycles. The molecule has 1 amide bonds. The number of nitrogens with two attached hydrogens (primary N) is 1. The molecule has 0 bridgehead atoms. The SMILES string of the molecule is Cc1cc(C2CCN(C(=O)C(C)N)CC2)nc(NC(C)C)c1C=N. The first-order valence-electron chi connectivity index (χ1n) is 8.66. The Hall–Kier alpha value is -1.95. The quantitative estimate of drug-likeness (QED) is 0.721. The highest BCUT2D eigenvalue weighted by Crippen LogP contribution is 2.30. The zero-order chi connectivity index (χ0) is 17.9. The smallest absolute Gasteiger partial charge is 0.239 e. The van der Waals surface area contributed by atoms with Gasteiger partial charge in [0.2, 0.25) is 5.91 Å². The summed E-state index contributed by atoms with van der Waals surface area (Å²) in [5, 5.41) is 11.0. The van der Waals surface area contributed by atoms with Crippen molar-refractivity contribution in [3.63, 3.8) is 0 Å². The summed E-state index contributed by atoms with van der Waals surface area (Å²) in [6, 6.07) is 1.91. The van der Waals surface area contributed by atoms with E-state index in [9.17, 15) is 4.79 Å². The second kappa shape index (κ2) is 7.75. The lowest BCUT2D eigenvalue weighted by Crippen LogP contribution is -2.45.